The number of nitrogens with one attached hydrogen (secondary N) is 1. The number of hydrogen-bond donors (Lipinski definition) is 2. The second-order valence-electron chi connectivity index (χ2n) is 10.1. The Hall–Kier alpha value is -2.67. The predicted molar refractivity (Wildman–Crippen MR) is 148 cm³/mol. The lowest BCUT2D eigenvalue weighted by atomic mass is 9.78. The number of aromatic nitrogens is 2. The summed E-state index contributed by atoms with van der Waals surface area (Å²) in [6.07, 6.45) is 3.01. The third-order valence-electron chi connectivity index (χ3n) is 7.12. The van der Waals surface area contributed by atoms with Gasteiger partial charge in [0.05, 0.1) is 22.2 Å². The topological polar surface area (TPSA) is 73.2 Å². The molecule has 0 unspecified atom stereocenters. The molecule has 1 fully saturated rings. The van der Waals surface area contributed by atoms with E-state index >= 15 is 0 Å². The molecule has 0 saturated carbocycles. The molecule has 0 atom stereocenters. The van der Waals surface area contributed by atoms with Crippen molar-refractivity contribution in [3.8, 4) is 11.1 Å². The molecule has 0 aliphatic carbocycles. The van der Waals surface area contributed by atoms with Gasteiger partial charge in [-0.2, -0.15) is 0 Å². The van der Waals surface area contributed by atoms with Crippen LogP contribution in [0.25, 0.3) is 32.9 Å². The van der Waals surface area contributed by atoms with E-state index in [0.29, 0.717) is 0 Å². The standard InChI is InChI=1S/C27H32BN3O2.C2H6/c1-26(2)27(3,4)33-28(32-26)22-12-10-18-8-9-19(15-21(18)16-22)20-11-13-23-24(17-20)31-25(30-23)7-5-6-14-29;1-2/h8-13,15-17H,5-7,14,29H2,1-4H3,(H,30,31);1-2H3. The molecule has 3 aromatic carbocycles. The van der Waals surface area contributed by atoms with Crippen molar-refractivity contribution in [1.82, 2.24) is 9.97 Å². The Morgan fingerprint density at radius 2 is 1.49 bits per heavy atom. The van der Waals surface area contributed by atoms with Crippen LogP contribution in [0.5, 0.6) is 0 Å². The van der Waals surface area contributed by atoms with Gasteiger partial charge in [-0.05, 0) is 92.6 Å². The number of nitrogens with zero attached hydrogens (tertiary/aromatic N) is 1. The maximum Gasteiger partial charge on any atom is 0.494 e. The van der Waals surface area contributed by atoms with Crippen LogP contribution in [-0.2, 0) is 15.7 Å². The van der Waals surface area contributed by atoms with Gasteiger partial charge in [-0.1, -0.05) is 50.2 Å². The number of imidazole rings is 1. The zero-order chi connectivity index (χ0) is 25.2. The summed E-state index contributed by atoms with van der Waals surface area (Å²) in [5.41, 5.74) is 10.4. The number of fused-ring (bicyclic) bond motifs is 2. The van der Waals surface area contributed by atoms with Gasteiger partial charge in [0.2, 0.25) is 0 Å². The minimum Gasteiger partial charge on any atom is -0.399 e. The Labute approximate surface area is 209 Å². The zero-order valence-corrected chi connectivity index (χ0v) is 21.9. The molecule has 5 rings (SSSR count). The Balaban J connectivity index is 0.00000141. The summed E-state index contributed by atoms with van der Waals surface area (Å²) in [7, 11) is -0.359. The summed E-state index contributed by atoms with van der Waals surface area (Å²) < 4.78 is 12.5. The van der Waals surface area contributed by atoms with Crippen LogP contribution in [0.15, 0.2) is 54.6 Å². The first-order chi connectivity index (χ1) is 16.8. The predicted octanol–water partition coefficient (Wildman–Crippen LogP) is 5.99. The minimum absolute atomic E-state index is 0.350. The Morgan fingerprint density at radius 1 is 0.829 bits per heavy atom. The van der Waals surface area contributed by atoms with E-state index < -0.39 is 0 Å². The van der Waals surface area contributed by atoms with Gasteiger partial charge in [0, 0.05) is 6.42 Å². The maximum atomic E-state index is 6.26. The smallest absolute Gasteiger partial charge is 0.399 e. The molecular formula is C29H38BN3O2. The number of hydrogen-bond acceptors (Lipinski definition) is 4. The minimum atomic E-state index is -0.359. The van der Waals surface area contributed by atoms with Crippen molar-refractivity contribution in [3.63, 3.8) is 0 Å². The first-order valence-electron chi connectivity index (χ1n) is 12.8. The van der Waals surface area contributed by atoms with Gasteiger partial charge in [-0.15, -0.1) is 0 Å². The highest BCUT2D eigenvalue weighted by Gasteiger charge is 2.51. The molecule has 3 N–H and O–H groups in total. The average molecular weight is 471 g/mol. The van der Waals surface area contributed by atoms with Gasteiger partial charge in [0.1, 0.15) is 5.82 Å². The molecule has 0 radical (unpaired) electrons. The van der Waals surface area contributed by atoms with Crippen molar-refractivity contribution < 1.29 is 9.31 Å². The Bertz CT molecular complexity index is 1300. The van der Waals surface area contributed by atoms with Crippen LogP contribution in [-0.4, -0.2) is 34.8 Å². The van der Waals surface area contributed by atoms with Crippen molar-refractivity contribution >= 4 is 34.4 Å². The van der Waals surface area contributed by atoms with Crippen LogP contribution in [0.4, 0.5) is 0 Å². The van der Waals surface area contributed by atoms with E-state index in [1.165, 1.54) is 21.9 Å². The van der Waals surface area contributed by atoms with E-state index in [1.807, 2.05) is 13.8 Å². The Kier molecular flexibility index (Phi) is 7.36. The lowest BCUT2D eigenvalue weighted by Crippen LogP contribution is -2.41. The third kappa shape index (κ3) is 5.15. The van der Waals surface area contributed by atoms with E-state index in [9.17, 15) is 0 Å². The SMILES string of the molecule is CC.CC1(C)OB(c2ccc3ccc(-c4ccc5nc(CCCCN)[nH]c5c4)cc3c2)OC1(C)C. The highest BCUT2D eigenvalue weighted by Crippen LogP contribution is 2.36. The number of benzene rings is 3. The van der Waals surface area contributed by atoms with Crippen molar-refractivity contribution in [2.24, 2.45) is 5.73 Å². The number of H-pyrrole nitrogens is 1. The molecule has 1 saturated heterocycles. The molecule has 4 aromatic rings. The number of aryl methyl sites for hydroxylation is 1. The number of unbranched alkanes of at least 4 members (excludes halogenated alkanes) is 1. The zero-order valence-electron chi connectivity index (χ0n) is 21.9. The molecule has 6 heteroatoms. The van der Waals surface area contributed by atoms with Crippen LogP contribution in [0.1, 0.15) is 60.2 Å². The van der Waals surface area contributed by atoms with Crippen molar-refractivity contribution in [2.45, 2.75) is 72.0 Å². The van der Waals surface area contributed by atoms with Crippen LogP contribution in [0.3, 0.4) is 0 Å². The summed E-state index contributed by atoms with van der Waals surface area (Å²) in [4.78, 5) is 8.20. The van der Waals surface area contributed by atoms with Crippen LogP contribution in [0, 0.1) is 0 Å². The first kappa shape index (κ1) is 25.4. The van der Waals surface area contributed by atoms with Crippen LogP contribution in [0.2, 0.25) is 0 Å². The molecule has 5 nitrogen and oxygen atoms in total. The molecule has 35 heavy (non-hydrogen) atoms. The summed E-state index contributed by atoms with van der Waals surface area (Å²) >= 11 is 0. The fourth-order valence-corrected chi connectivity index (χ4v) is 4.37. The lowest BCUT2D eigenvalue weighted by molar-refractivity contribution is 0.00578. The van der Waals surface area contributed by atoms with Gasteiger partial charge >= 0.3 is 7.12 Å². The number of aromatic amines is 1. The monoisotopic (exact) mass is 471 g/mol. The fraction of sp³-hybridized carbons (Fsp3) is 0.414. The van der Waals surface area contributed by atoms with Gasteiger partial charge in [-0.3, -0.25) is 0 Å². The van der Waals surface area contributed by atoms with Crippen molar-refractivity contribution in [2.75, 3.05) is 6.54 Å². The second kappa shape index (κ2) is 10.1. The molecule has 0 bridgehead atoms. The molecule has 184 valence electrons. The van der Waals surface area contributed by atoms with E-state index in [1.54, 1.807) is 0 Å². The van der Waals surface area contributed by atoms with Crippen LogP contribution < -0.4 is 11.2 Å². The first-order valence-corrected chi connectivity index (χ1v) is 12.8. The summed E-state index contributed by atoms with van der Waals surface area (Å²) in [5.74, 6) is 1.03. The highest BCUT2D eigenvalue weighted by molar-refractivity contribution is 6.62. The molecular weight excluding hydrogens is 433 g/mol. The average Bonchev–Trinajstić information content (AvgIpc) is 3.35. The van der Waals surface area contributed by atoms with E-state index in [-0.39, 0.29) is 18.3 Å². The van der Waals surface area contributed by atoms with E-state index in [0.717, 1.165) is 48.1 Å². The van der Waals surface area contributed by atoms with E-state index in [4.69, 9.17) is 20.0 Å². The van der Waals surface area contributed by atoms with Crippen molar-refractivity contribution in [1.29, 1.82) is 0 Å². The number of rotatable bonds is 6. The summed E-state index contributed by atoms with van der Waals surface area (Å²) in [6, 6.07) is 19.5. The maximum absolute atomic E-state index is 6.26. The quantitative estimate of drug-likeness (QED) is 0.268. The number of nitrogens with two attached hydrogens (primary N) is 1. The highest BCUT2D eigenvalue weighted by atomic mass is 16.7. The largest absolute Gasteiger partial charge is 0.494 e. The lowest BCUT2D eigenvalue weighted by Gasteiger charge is -2.32. The summed E-state index contributed by atoms with van der Waals surface area (Å²) in [6.45, 7) is 13.1. The van der Waals surface area contributed by atoms with Gasteiger partial charge in [-0.25, -0.2) is 4.98 Å². The van der Waals surface area contributed by atoms with Gasteiger partial charge in [0.15, 0.2) is 0 Å². The second-order valence-corrected chi connectivity index (χ2v) is 10.1. The molecule has 0 spiro atoms. The summed E-state index contributed by atoms with van der Waals surface area (Å²) in [5, 5.41) is 2.37. The normalized spacial score (nSPS) is 16.5. The molecule has 1 aromatic heterocycles. The fourth-order valence-electron chi connectivity index (χ4n) is 4.37. The molecule has 2 heterocycles. The van der Waals surface area contributed by atoms with Gasteiger partial charge < -0.3 is 20.0 Å². The Morgan fingerprint density at radius 3 is 2.20 bits per heavy atom. The molecule has 0 amide bonds. The molecule has 1 aliphatic heterocycles. The van der Waals surface area contributed by atoms with Crippen LogP contribution >= 0.6 is 0 Å². The third-order valence-corrected chi connectivity index (χ3v) is 7.12. The van der Waals surface area contributed by atoms with Gasteiger partial charge in [0.25, 0.3) is 0 Å². The van der Waals surface area contributed by atoms with E-state index in [2.05, 4.69) is 87.3 Å². The van der Waals surface area contributed by atoms with Crippen molar-refractivity contribution in [3.05, 3.63) is 60.4 Å². The molecule has 1 aliphatic rings.